The molecule has 0 aliphatic rings. The summed E-state index contributed by atoms with van der Waals surface area (Å²) in [6.45, 7) is 0. The maximum Gasteiger partial charge on any atom is 0.219 e. The highest BCUT2D eigenvalue weighted by Crippen LogP contribution is 2.18. The highest BCUT2D eigenvalue weighted by molar-refractivity contribution is 5.60. The number of hydrogen-bond acceptors (Lipinski definition) is 4. The predicted octanol–water partition coefficient (Wildman–Crippen LogP) is 2.88. The lowest BCUT2D eigenvalue weighted by molar-refractivity contribution is 0.321. The summed E-state index contributed by atoms with van der Waals surface area (Å²) in [5, 5.41) is 11.2. The van der Waals surface area contributed by atoms with Crippen LogP contribution in [0.15, 0.2) is 53.8 Å². The largest absolute Gasteiger partial charge is 0.439 e. The van der Waals surface area contributed by atoms with Crippen molar-refractivity contribution >= 4 is 6.21 Å². The van der Waals surface area contributed by atoms with Gasteiger partial charge in [0, 0.05) is 24.9 Å². The predicted molar refractivity (Wildman–Crippen MR) is 64.7 cm³/mol. The number of pyridine rings is 1. The Balaban J connectivity index is 2.03. The van der Waals surface area contributed by atoms with Crippen LogP contribution >= 0.6 is 0 Å². The number of para-hydroxylation sites is 1. The minimum Gasteiger partial charge on any atom is -0.439 e. The zero-order valence-electron chi connectivity index (χ0n) is 9.15. The number of ether oxygens (including phenoxy) is 1. The van der Waals surface area contributed by atoms with Crippen molar-refractivity contribution in [1.29, 1.82) is 0 Å². The first kappa shape index (κ1) is 11.1. The van der Waals surface area contributed by atoms with Gasteiger partial charge in [0.1, 0.15) is 5.75 Å². The van der Waals surface area contributed by atoms with Crippen molar-refractivity contribution in [3.63, 3.8) is 0 Å². The maximum absolute atomic E-state index is 8.30. The molecule has 0 fully saturated rings. The van der Waals surface area contributed by atoms with Crippen molar-refractivity contribution in [3.8, 4) is 11.6 Å². The molecule has 0 atom stereocenters. The van der Waals surface area contributed by atoms with Crippen LogP contribution in [0.5, 0.6) is 11.6 Å². The van der Waals surface area contributed by atoms with Crippen molar-refractivity contribution < 1.29 is 9.94 Å². The fourth-order valence-electron chi connectivity index (χ4n) is 1.35. The fraction of sp³-hybridized carbons (Fsp3) is 0.0769. The van der Waals surface area contributed by atoms with Gasteiger partial charge in [-0.25, -0.2) is 4.98 Å². The molecule has 2 rings (SSSR count). The van der Waals surface area contributed by atoms with Crippen LogP contribution in [0, 0.1) is 0 Å². The molecule has 2 aromatic rings. The number of rotatable bonds is 4. The van der Waals surface area contributed by atoms with E-state index in [9.17, 15) is 0 Å². The van der Waals surface area contributed by atoms with Crippen molar-refractivity contribution in [2.45, 2.75) is 6.42 Å². The van der Waals surface area contributed by atoms with Crippen LogP contribution in [0.25, 0.3) is 0 Å². The number of hydrogen-bond donors (Lipinski definition) is 1. The summed E-state index contributed by atoms with van der Waals surface area (Å²) in [5.74, 6) is 1.30. The smallest absolute Gasteiger partial charge is 0.219 e. The van der Waals surface area contributed by atoms with Crippen molar-refractivity contribution in [1.82, 2.24) is 4.98 Å². The molecule has 1 aromatic heterocycles. The molecule has 86 valence electrons. The van der Waals surface area contributed by atoms with Gasteiger partial charge < -0.3 is 9.94 Å². The molecule has 0 bridgehead atoms. The quantitative estimate of drug-likeness (QED) is 0.497. The molecule has 1 N–H and O–H groups in total. The Kier molecular flexibility index (Phi) is 3.70. The fourth-order valence-corrected chi connectivity index (χ4v) is 1.35. The van der Waals surface area contributed by atoms with Gasteiger partial charge in [0.2, 0.25) is 5.88 Å². The van der Waals surface area contributed by atoms with E-state index in [0.717, 1.165) is 11.3 Å². The second kappa shape index (κ2) is 5.65. The molecule has 4 nitrogen and oxygen atoms in total. The standard InChI is InChI=1S/C13H12N2O2/c16-15-9-8-11-6-7-13(14-10-11)17-12-4-2-1-3-5-12/h1-7,9-10,16H,8H2/b15-9+. The molecular weight excluding hydrogens is 216 g/mol. The van der Waals surface area contributed by atoms with Gasteiger partial charge in [-0.15, -0.1) is 5.16 Å². The Morgan fingerprint density at radius 1 is 1.18 bits per heavy atom. The number of aromatic nitrogens is 1. The van der Waals surface area contributed by atoms with E-state index in [2.05, 4.69) is 10.1 Å². The topological polar surface area (TPSA) is 54.7 Å². The lowest BCUT2D eigenvalue weighted by Gasteiger charge is -2.04. The molecule has 0 spiro atoms. The Labute approximate surface area is 99.2 Å². The molecule has 0 saturated heterocycles. The third kappa shape index (κ3) is 3.31. The van der Waals surface area contributed by atoms with E-state index in [1.165, 1.54) is 6.21 Å². The van der Waals surface area contributed by atoms with E-state index >= 15 is 0 Å². The van der Waals surface area contributed by atoms with Gasteiger partial charge in [-0.05, 0) is 17.7 Å². The number of benzene rings is 1. The third-order valence-electron chi connectivity index (χ3n) is 2.17. The normalized spacial score (nSPS) is 10.6. The second-order valence-electron chi connectivity index (χ2n) is 3.42. The van der Waals surface area contributed by atoms with Crippen molar-refractivity contribution in [3.05, 3.63) is 54.2 Å². The Bertz CT molecular complexity index is 481. The van der Waals surface area contributed by atoms with E-state index < -0.39 is 0 Å². The molecule has 0 aliphatic carbocycles. The van der Waals surface area contributed by atoms with Gasteiger partial charge in [-0.1, -0.05) is 24.3 Å². The molecule has 1 heterocycles. The SMILES string of the molecule is O/N=C/Cc1ccc(Oc2ccccc2)nc1. The van der Waals surface area contributed by atoms with Crippen LogP contribution in [0.1, 0.15) is 5.56 Å². The highest BCUT2D eigenvalue weighted by atomic mass is 16.5. The summed E-state index contributed by atoms with van der Waals surface area (Å²) in [6.07, 6.45) is 3.66. The monoisotopic (exact) mass is 228 g/mol. The van der Waals surface area contributed by atoms with Gasteiger partial charge in [0.15, 0.2) is 0 Å². The summed E-state index contributed by atoms with van der Waals surface area (Å²) < 4.78 is 5.54. The molecule has 0 radical (unpaired) electrons. The van der Waals surface area contributed by atoms with E-state index in [1.807, 2.05) is 36.4 Å². The first-order valence-corrected chi connectivity index (χ1v) is 5.22. The third-order valence-corrected chi connectivity index (χ3v) is 2.17. The summed E-state index contributed by atoms with van der Waals surface area (Å²) in [7, 11) is 0. The van der Waals surface area contributed by atoms with E-state index in [1.54, 1.807) is 12.3 Å². The van der Waals surface area contributed by atoms with E-state index in [4.69, 9.17) is 9.94 Å². The zero-order valence-corrected chi connectivity index (χ0v) is 9.15. The minimum absolute atomic E-state index is 0.542. The van der Waals surface area contributed by atoms with Crippen LogP contribution < -0.4 is 4.74 Å². The van der Waals surface area contributed by atoms with Crippen LogP contribution in [-0.4, -0.2) is 16.4 Å². The number of oxime groups is 1. The highest BCUT2D eigenvalue weighted by Gasteiger charge is 1.98. The Morgan fingerprint density at radius 3 is 2.65 bits per heavy atom. The number of nitrogens with zero attached hydrogens (tertiary/aromatic N) is 2. The second-order valence-corrected chi connectivity index (χ2v) is 3.42. The molecule has 0 aliphatic heterocycles. The van der Waals surface area contributed by atoms with Gasteiger partial charge in [-0.3, -0.25) is 0 Å². The minimum atomic E-state index is 0.542. The van der Waals surface area contributed by atoms with Gasteiger partial charge in [0.25, 0.3) is 0 Å². The van der Waals surface area contributed by atoms with Crippen LogP contribution in [0.4, 0.5) is 0 Å². The van der Waals surface area contributed by atoms with E-state index in [-0.39, 0.29) is 0 Å². The molecule has 0 unspecified atom stereocenters. The average Bonchev–Trinajstić information content (AvgIpc) is 2.39. The molecule has 1 aromatic carbocycles. The first-order valence-electron chi connectivity index (χ1n) is 5.22. The summed E-state index contributed by atoms with van der Waals surface area (Å²) in [5.41, 5.74) is 0.961. The van der Waals surface area contributed by atoms with Crippen molar-refractivity contribution in [2.24, 2.45) is 5.16 Å². The average molecular weight is 228 g/mol. The van der Waals surface area contributed by atoms with Crippen molar-refractivity contribution in [2.75, 3.05) is 0 Å². The lowest BCUT2D eigenvalue weighted by Crippen LogP contribution is -1.91. The Hall–Kier alpha value is -2.36. The van der Waals surface area contributed by atoms with Crippen LogP contribution in [0.3, 0.4) is 0 Å². The summed E-state index contributed by atoms with van der Waals surface area (Å²) in [4.78, 5) is 4.16. The molecule has 4 heteroatoms. The van der Waals surface area contributed by atoms with E-state index in [0.29, 0.717) is 12.3 Å². The maximum atomic E-state index is 8.30. The summed E-state index contributed by atoms with van der Waals surface area (Å²) in [6, 6.07) is 13.1. The van der Waals surface area contributed by atoms with Gasteiger partial charge in [-0.2, -0.15) is 0 Å². The summed E-state index contributed by atoms with van der Waals surface area (Å²) >= 11 is 0. The molecule has 0 saturated carbocycles. The molecular formula is C13H12N2O2. The zero-order chi connectivity index (χ0) is 11.9. The molecule has 17 heavy (non-hydrogen) atoms. The van der Waals surface area contributed by atoms with Crippen LogP contribution in [-0.2, 0) is 6.42 Å². The molecule has 0 amide bonds. The first-order chi connectivity index (χ1) is 8.38. The Morgan fingerprint density at radius 2 is 2.00 bits per heavy atom. The van der Waals surface area contributed by atoms with Crippen LogP contribution in [0.2, 0.25) is 0 Å². The van der Waals surface area contributed by atoms with Gasteiger partial charge in [0.05, 0.1) is 0 Å². The van der Waals surface area contributed by atoms with Gasteiger partial charge >= 0.3 is 0 Å². The lowest BCUT2D eigenvalue weighted by atomic mass is 10.2.